The molecule has 0 saturated heterocycles. The van der Waals surface area contributed by atoms with Crippen molar-refractivity contribution in [1.29, 1.82) is 5.26 Å². The fourth-order valence-electron chi connectivity index (χ4n) is 1.10. The summed E-state index contributed by atoms with van der Waals surface area (Å²) >= 11 is 0. The van der Waals surface area contributed by atoms with Crippen molar-refractivity contribution in [3.05, 3.63) is 41.0 Å². The quantitative estimate of drug-likeness (QED) is 0.543. The molecule has 0 aliphatic heterocycles. The van der Waals surface area contributed by atoms with Gasteiger partial charge in [-0.25, -0.2) is 4.79 Å². The number of nitrogens with zero attached hydrogens (tertiary/aromatic N) is 1. The number of nitriles is 1. The summed E-state index contributed by atoms with van der Waals surface area (Å²) in [6.07, 6.45) is 2.94. The van der Waals surface area contributed by atoms with Crippen LogP contribution < -0.4 is 0 Å². The predicted octanol–water partition coefficient (Wildman–Crippen LogP) is 2.05. The Labute approximate surface area is 88.6 Å². The lowest BCUT2D eigenvalue weighted by atomic mass is 10.1. The number of ether oxygens (including phenoxy) is 1. The van der Waals surface area contributed by atoms with Crippen LogP contribution in [0.1, 0.15) is 16.7 Å². The first kappa shape index (κ1) is 11.0. The van der Waals surface area contributed by atoms with E-state index >= 15 is 0 Å². The fourth-order valence-corrected chi connectivity index (χ4v) is 1.10. The number of aryl methyl sites for hydroxylation is 1. The molecule has 3 nitrogen and oxygen atoms in total. The monoisotopic (exact) mass is 201 g/mol. The third kappa shape index (κ3) is 2.96. The average molecular weight is 201 g/mol. The lowest BCUT2D eigenvalue weighted by molar-refractivity contribution is -0.134. The van der Waals surface area contributed by atoms with Crippen molar-refractivity contribution in [2.45, 2.75) is 6.92 Å². The Balaban J connectivity index is 2.94. The van der Waals surface area contributed by atoms with E-state index in [0.717, 1.165) is 11.1 Å². The molecule has 15 heavy (non-hydrogen) atoms. The molecule has 0 spiro atoms. The Morgan fingerprint density at radius 3 is 2.87 bits per heavy atom. The van der Waals surface area contributed by atoms with Crippen LogP contribution in [0.4, 0.5) is 0 Å². The van der Waals surface area contributed by atoms with Gasteiger partial charge in [0.15, 0.2) is 0 Å². The molecule has 0 amide bonds. The van der Waals surface area contributed by atoms with Gasteiger partial charge >= 0.3 is 5.97 Å². The highest BCUT2D eigenvalue weighted by Crippen LogP contribution is 2.11. The zero-order chi connectivity index (χ0) is 11.3. The minimum absolute atomic E-state index is 0.408. The van der Waals surface area contributed by atoms with Gasteiger partial charge in [0.2, 0.25) is 0 Å². The number of methoxy groups -OCH3 is 1. The lowest BCUT2D eigenvalue weighted by Crippen LogP contribution is -1.93. The van der Waals surface area contributed by atoms with Gasteiger partial charge in [-0.3, -0.25) is 0 Å². The number of benzene rings is 1. The highest BCUT2D eigenvalue weighted by Gasteiger charge is 1.97. The van der Waals surface area contributed by atoms with E-state index in [1.165, 1.54) is 13.2 Å². The molecule has 1 aromatic carbocycles. The van der Waals surface area contributed by atoms with Crippen molar-refractivity contribution in [3.8, 4) is 6.07 Å². The summed E-state index contributed by atoms with van der Waals surface area (Å²) in [5.41, 5.74) is 2.34. The van der Waals surface area contributed by atoms with Gasteiger partial charge in [0.05, 0.1) is 18.7 Å². The summed E-state index contributed by atoms with van der Waals surface area (Å²) in [7, 11) is 1.32. The van der Waals surface area contributed by atoms with Crippen LogP contribution in [0.2, 0.25) is 0 Å². The summed E-state index contributed by atoms with van der Waals surface area (Å²) in [5.74, 6) is -0.408. The Kier molecular flexibility index (Phi) is 3.64. The molecular formula is C12H11NO2. The summed E-state index contributed by atoms with van der Waals surface area (Å²) in [6, 6.07) is 7.50. The first-order valence-corrected chi connectivity index (χ1v) is 4.44. The minimum atomic E-state index is -0.408. The molecule has 1 aromatic rings. The number of carbonyl (C=O) groups excluding carboxylic acids is 1. The van der Waals surface area contributed by atoms with Gasteiger partial charge in [-0.15, -0.1) is 0 Å². The molecule has 0 atom stereocenters. The summed E-state index contributed by atoms with van der Waals surface area (Å²) < 4.78 is 4.46. The number of carbonyl (C=O) groups is 1. The molecule has 0 aliphatic carbocycles. The minimum Gasteiger partial charge on any atom is -0.466 e. The van der Waals surface area contributed by atoms with Crippen LogP contribution in [0.25, 0.3) is 6.08 Å². The van der Waals surface area contributed by atoms with E-state index in [-0.39, 0.29) is 0 Å². The molecular weight excluding hydrogens is 190 g/mol. The molecule has 0 aliphatic rings. The van der Waals surface area contributed by atoms with Crippen LogP contribution in [0, 0.1) is 18.3 Å². The molecule has 1 rings (SSSR count). The molecule has 0 radical (unpaired) electrons. The molecule has 0 bridgehead atoms. The normalized spacial score (nSPS) is 9.93. The van der Waals surface area contributed by atoms with Crippen LogP contribution in [0.3, 0.4) is 0 Å². The molecule has 0 unspecified atom stereocenters. The lowest BCUT2D eigenvalue weighted by Gasteiger charge is -1.98. The van der Waals surface area contributed by atoms with E-state index in [9.17, 15) is 4.79 Å². The predicted molar refractivity (Wildman–Crippen MR) is 56.9 cm³/mol. The third-order valence-electron chi connectivity index (χ3n) is 2.00. The fraction of sp³-hybridized carbons (Fsp3) is 0.167. The van der Waals surface area contributed by atoms with Crippen molar-refractivity contribution < 1.29 is 9.53 Å². The maximum atomic E-state index is 10.8. The second-order valence-electron chi connectivity index (χ2n) is 3.04. The molecule has 0 aromatic heterocycles. The van der Waals surface area contributed by atoms with Crippen molar-refractivity contribution in [1.82, 2.24) is 0 Å². The zero-order valence-corrected chi connectivity index (χ0v) is 8.65. The SMILES string of the molecule is COC(=O)C=Cc1ccc(C)c(C#N)c1. The van der Waals surface area contributed by atoms with Gasteiger partial charge in [-0.05, 0) is 30.2 Å². The van der Waals surface area contributed by atoms with Gasteiger partial charge in [0.25, 0.3) is 0 Å². The van der Waals surface area contributed by atoms with Crippen LogP contribution in [0.15, 0.2) is 24.3 Å². The average Bonchev–Trinajstić information content (AvgIpc) is 2.27. The van der Waals surface area contributed by atoms with Crippen LogP contribution in [-0.4, -0.2) is 13.1 Å². The molecule has 0 N–H and O–H groups in total. The van der Waals surface area contributed by atoms with Crippen molar-refractivity contribution >= 4 is 12.0 Å². The van der Waals surface area contributed by atoms with Gasteiger partial charge < -0.3 is 4.74 Å². The van der Waals surface area contributed by atoms with Gasteiger partial charge in [0.1, 0.15) is 0 Å². The zero-order valence-electron chi connectivity index (χ0n) is 8.65. The molecule has 0 saturated carbocycles. The summed E-state index contributed by atoms with van der Waals surface area (Å²) in [5, 5.41) is 8.80. The van der Waals surface area contributed by atoms with Crippen molar-refractivity contribution in [2.24, 2.45) is 0 Å². The van der Waals surface area contributed by atoms with E-state index in [1.54, 1.807) is 12.1 Å². The highest BCUT2D eigenvalue weighted by molar-refractivity contribution is 5.87. The van der Waals surface area contributed by atoms with E-state index in [2.05, 4.69) is 10.8 Å². The smallest absolute Gasteiger partial charge is 0.330 e. The summed E-state index contributed by atoms with van der Waals surface area (Å²) in [6.45, 7) is 1.87. The van der Waals surface area contributed by atoms with E-state index in [0.29, 0.717) is 5.56 Å². The van der Waals surface area contributed by atoms with Crippen molar-refractivity contribution in [3.63, 3.8) is 0 Å². The Morgan fingerprint density at radius 2 is 2.27 bits per heavy atom. The second kappa shape index (κ2) is 4.97. The Hall–Kier alpha value is -2.08. The Morgan fingerprint density at radius 1 is 1.53 bits per heavy atom. The first-order valence-electron chi connectivity index (χ1n) is 4.44. The van der Waals surface area contributed by atoms with E-state index < -0.39 is 5.97 Å². The number of hydrogen-bond donors (Lipinski definition) is 0. The van der Waals surface area contributed by atoms with E-state index in [4.69, 9.17) is 5.26 Å². The molecule has 0 fully saturated rings. The standard InChI is InChI=1S/C12H11NO2/c1-9-3-4-10(7-11(9)8-13)5-6-12(14)15-2/h3-7H,1-2H3. The molecule has 3 heteroatoms. The van der Waals surface area contributed by atoms with Crippen LogP contribution >= 0.6 is 0 Å². The molecule has 76 valence electrons. The number of rotatable bonds is 2. The largest absolute Gasteiger partial charge is 0.466 e. The second-order valence-corrected chi connectivity index (χ2v) is 3.04. The first-order chi connectivity index (χ1) is 7.17. The maximum absolute atomic E-state index is 10.8. The van der Waals surface area contributed by atoms with Crippen molar-refractivity contribution in [2.75, 3.05) is 7.11 Å². The van der Waals surface area contributed by atoms with Gasteiger partial charge in [0, 0.05) is 6.08 Å². The van der Waals surface area contributed by atoms with Crippen LogP contribution in [-0.2, 0) is 9.53 Å². The molecule has 0 heterocycles. The number of hydrogen-bond acceptors (Lipinski definition) is 3. The van der Waals surface area contributed by atoms with Gasteiger partial charge in [-0.1, -0.05) is 12.1 Å². The topological polar surface area (TPSA) is 50.1 Å². The van der Waals surface area contributed by atoms with Gasteiger partial charge in [-0.2, -0.15) is 5.26 Å². The highest BCUT2D eigenvalue weighted by atomic mass is 16.5. The summed E-state index contributed by atoms with van der Waals surface area (Å²) in [4.78, 5) is 10.8. The number of esters is 1. The third-order valence-corrected chi connectivity index (χ3v) is 2.00. The Bertz CT molecular complexity index is 441. The van der Waals surface area contributed by atoms with Crippen LogP contribution in [0.5, 0.6) is 0 Å². The van der Waals surface area contributed by atoms with E-state index in [1.807, 2.05) is 19.1 Å². The maximum Gasteiger partial charge on any atom is 0.330 e.